The highest BCUT2D eigenvalue weighted by molar-refractivity contribution is 7.13. The first-order valence-electron chi connectivity index (χ1n) is 7.53. The summed E-state index contributed by atoms with van der Waals surface area (Å²) in [6.07, 6.45) is 1.01. The molecule has 0 aromatic carbocycles. The summed E-state index contributed by atoms with van der Waals surface area (Å²) in [5.41, 5.74) is 0.178. The molecule has 2 heterocycles. The molecule has 0 bridgehead atoms. The van der Waals surface area contributed by atoms with Crippen LogP contribution in [0.3, 0.4) is 0 Å². The average molecular weight is 352 g/mol. The third kappa shape index (κ3) is 5.65. The average Bonchev–Trinajstić information content (AvgIpc) is 3.14. The van der Waals surface area contributed by atoms with Gasteiger partial charge in [-0.3, -0.25) is 4.79 Å². The van der Waals surface area contributed by atoms with E-state index < -0.39 is 18.5 Å². The number of carbonyl (C=O) groups is 2. The van der Waals surface area contributed by atoms with Gasteiger partial charge in [-0.05, 0) is 19.3 Å². The topological polar surface area (TPSA) is 106 Å². The van der Waals surface area contributed by atoms with Gasteiger partial charge >= 0.3 is 5.97 Å². The van der Waals surface area contributed by atoms with Crippen molar-refractivity contribution in [2.24, 2.45) is 5.92 Å². The fraction of sp³-hybridized carbons (Fsp3) is 0.467. The first kappa shape index (κ1) is 17.9. The predicted octanol–water partition coefficient (Wildman–Crippen LogP) is 2.69. The molecule has 0 spiro atoms. The zero-order valence-electron chi connectivity index (χ0n) is 13.8. The minimum absolute atomic E-state index is 0.178. The highest BCUT2D eigenvalue weighted by atomic mass is 32.1. The zero-order chi connectivity index (χ0) is 17.5. The van der Waals surface area contributed by atoms with Crippen LogP contribution in [0.5, 0.6) is 0 Å². The third-order valence-electron chi connectivity index (χ3n) is 2.94. The first-order valence-corrected chi connectivity index (χ1v) is 8.41. The van der Waals surface area contributed by atoms with Gasteiger partial charge in [0.1, 0.15) is 5.76 Å². The van der Waals surface area contributed by atoms with Crippen LogP contribution in [0.25, 0.3) is 0 Å². The Morgan fingerprint density at radius 3 is 2.88 bits per heavy atom. The summed E-state index contributed by atoms with van der Waals surface area (Å²) in [5.74, 6) is 0.298. The van der Waals surface area contributed by atoms with Gasteiger partial charge in [-0.25, -0.2) is 9.78 Å². The second-order valence-corrected chi connectivity index (χ2v) is 6.45. The Labute approximate surface area is 143 Å². The smallest absolute Gasteiger partial charge is 0.358 e. The van der Waals surface area contributed by atoms with E-state index in [1.165, 1.54) is 11.3 Å². The van der Waals surface area contributed by atoms with E-state index in [0.717, 1.165) is 13.0 Å². The highest BCUT2D eigenvalue weighted by Crippen LogP contribution is 2.16. The molecule has 0 aliphatic carbocycles. The number of nitrogens with one attached hydrogen (secondary N) is 2. The maximum absolute atomic E-state index is 11.9. The van der Waals surface area contributed by atoms with Gasteiger partial charge < -0.3 is 19.9 Å². The lowest BCUT2D eigenvalue weighted by Gasteiger charge is -2.04. The summed E-state index contributed by atoms with van der Waals surface area (Å²) in [7, 11) is 0. The molecule has 0 fully saturated rings. The number of rotatable bonds is 8. The quantitative estimate of drug-likeness (QED) is 0.703. The molecule has 2 aromatic heterocycles. The summed E-state index contributed by atoms with van der Waals surface area (Å²) >= 11 is 1.32. The van der Waals surface area contributed by atoms with E-state index in [9.17, 15) is 9.59 Å². The van der Waals surface area contributed by atoms with Crippen LogP contribution in [0.15, 0.2) is 16.0 Å². The van der Waals surface area contributed by atoms with Crippen LogP contribution in [-0.2, 0) is 9.53 Å². The zero-order valence-corrected chi connectivity index (χ0v) is 14.6. The molecule has 24 heavy (non-hydrogen) atoms. The standard InChI is InChI=1S/C15H20N4O4S/c1-9(2)4-5-16-15-17-11(8-24-15)14(21)22-7-13(20)18-12-6-10(3)23-19-12/h6,8-9H,4-5,7H2,1-3H3,(H,16,17)(H,18,19,20). The second-order valence-electron chi connectivity index (χ2n) is 5.59. The largest absolute Gasteiger partial charge is 0.451 e. The van der Waals surface area contributed by atoms with Gasteiger partial charge in [0.2, 0.25) is 0 Å². The molecule has 2 aromatic rings. The van der Waals surface area contributed by atoms with E-state index in [-0.39, 0.29) is 11.5 Å². The Bertz CT molecular complexity index is 695. The molecule has 0 unspecified atom stereocenters. The normalized spacial score (nSPS) is 10.7. The molecular weight excluding hydrogens is 332 g/mol. The Morgan fingerprint density at radius 2 is 2.21 bits per heavy atom. The number of thiazole rings is 1. The van der Waals surface area contributed by atoms with Crippen molar-refractivity contribution >= 4 is 34.2 Å². The third-order valence-corrected chi connectivity index (χ3v) is 3.74. The number of aryl methyl sites for hydroxylation is 1. The summed E-state index contributed by atoms with van der Waals surface area (Å²) in [5, 5.41) is 11.5. The molecular formula is C15H20N4O4S. The summed E-state index contributed by atoms with van der Waals surface area (Å²) in [6, 6.07) is 1.56. The molecule has 130 valence electrons. The van der Waals surface area contributed by atoms with E-state index in [0.29, 0.717) is 16.8 Å². The maximum atomic E-state index is 11.9. The monoisotopic (exact) mass is 352 g/mol. The number of anilines is 2. The fourth-order valence-corrected chi connectivity index (χ4v) is 2.43. The van der Waals surface area contributed by atoms with Crippen molar-refractivity contribution < 1.29 is 18.8 Å². The SMILES string of the molecule is Cc1cc(NC(=O)COC(=O)c2csc(NCCC(C)C)n2)no1. The molecule has 0 aliphatic rings. The minimum Gasteiger partial charge on any atom is -0.451 e. The Kier molecular flexibility index (Phi) is 6.30. The van der Waals surface area contributed by atoms with Crippen molar-refractivity contribution in [1.29, 1.82) is 0 Å². The number of aromatic nitrogens is 2. The van der Waals surface area contributed by atoms with E-state index in [4.69, 9.17) is 9.26 Å². The number of hydrogen-bond acceptors (Lipinski definition) is 8. The molecule has 9 heteroatoms. The van der Waals surface area contributed by atoms with Gasteiger partial charge in [-0.15, -0.1) is 11.3 Å². The lowest BCUT2D eigenvalue weighted by Crippen LogP contribution is -2.21. The van der Waals surface area contributed by atoms with E-state index in [2.05, 4.69) is 34.6 Å². The molecule has 8 nitrogen and oxygen atoms in total. The predicted molar refractivity (Wildman–Crippen MR) is 90.2 cm³/mol. The summed E-state index contributed by atoms with van der Waals surface area (Å²) in [4.78, 5) is 27.7. The number of nitrogens with zero attached hydrogens (tertiary/aromatic N) is 2. The Hall–Kier alpha value is -2.42. The second kappa shape index (κ2) is 8.44. The van der Waals surface area contributed by atoms with Crippen LogP contribution in [-0.4, -0.2) is 35.2 Å². The van der Waals surface area contributed by atoms with Gasteiger partial charge in [0.05, 0.1) is 0 Å². The Morgan fingerprint density at radius 1 is 1.42 bits per heavy atom. The highest BCUT2D eigenvalue weighted by Gasteiger charge is 2.15. The van der Waals surface area contributed by atoms with Crippen molar-refractivity contribution in [3.8, 4) is 0 Å². The van der Waals surface area contributed by atoms with Gasteiger partial charge in [0.15, 0.2) is 23.3 Å². The minimum atomic E-state index is -0.644. The first-order chi connectivity index (χ1) is 11.4. The van der Waals surface area contributed by atoms with E-state index >= 15 is 0 Å². The fourth-order valence-electron chi connectivity index (χ4n) is 1.73. The van der Waals surface area contributed by atoms with Crippen LogP contribution < -0.4 is 10.6 Å². The van der Waals surface area contributed by atoms with Crippen molar-refractivity contribution in [2.75, 3.05) is 23.8 Å². The molecule has 2 rings (SSSR count). The van der Waals surface area contributed by atoms with Crippen molar-refractivity contribution in [3.63, 3.8) is 0 Å². The van der Waals surface area contributed by atoms with E-state index in [1.807, 2.05) is 0 Å². The maximum Gasteiger partial charge on any atom is 0.358 e. The molecule has 0 saturated carbocycles. The Balaban J connectivity index is 1.75. The van der Waals surface area contributed by atoms with Crippen LogP contribution in [0, 0.1) is 12.8 Å². The molecule has 1 amide bonds. The van der Waals surface area contributed by atoms with Gasteiger partial charge in [-0.1, -0.05) is 19.0 Å². The van der Waals surface area contributed by atoms with Gasteiger partial charge in [0.25, 0.3) is 5.91 Å². The number of esters is 1. The molecule has 0 atom stereocenters. The summed E-state index contributed by atoms with van der Waals surface area (Å²) in [6.45, 7) is 6.35. The van der Waals surface area contributed by atoms with Crippen LogP contribution in [0.2, 0.25) is 0 Å². The number of carbonyl (C=O) groups excluding carboxylic acids is 2. The number of amides is 1. The lowest BCUT2D eigenvalue weighted by atomic mass is 10.1. The summed E-state index contributed by atoms with van der Waals surface area (Å²) < 4.78 is 9.75. The molecule has 0 aliphatic heterocycles. The lowest BCUT2D eigenvalue weighted by molar-refractivity contribution is -0.119. The molecule has 2 N–H and O–H groups in total. The van der Waals surface area contributed by atoms with Gasteiger partial charge in [0, 0.05) is 18.0 Å². The van der Waals surface area contributed by atoms with Crippen molar-refractivity contribution in [2.45, 2.75) is 27.2 Å². The molecule has 0 radical (unpaired) electrons. The number of ether oxygens (including phenoxy) is 1. The van der Waals surface area contributed by atoms with Crippen LogP contribution >= 0.6 is 11.3 Å². The van der Waals surface area contributed by atoms with Crippen LogP contribution in [0.4, 0.5) is 10.9 Å². The van der Waals surface area contributed by atoms with Crippen molar-refractivity contribution in [3.05, 3.63) is 22.9 Å². The van der Waals surface area contributed by atoms with Gasteiger partial charge in [-0.2, -0.15) is 0 Å². The van der Waals surface area contributed by atoms with Crippen molar-refractivity contribution in [1.82, 2.24) is 10.1 Å². The molecule has 0 saturated heterocycles. The van der Waals surface area contributed by atoms with Crippen LogP contribution in [0.1, 0.15) is 36.5 Å². The number of hydrogen-bond donors (Lipinski definition) is 2. The van der Waals surface area contributed by atoms with E-state index in [1.54, 1.807) is 18.4 Å².